The molecule has 0 saturated heterocycles. The van der Waals surface area contributed by atoms with E-state index in [9.17, 15) is 0 Å². The average molecular weight is 283 g/mol. The Morgan fingerprint density at radius 1 is 1.00 bits per heavy atom. The third kappa shape index (κ3) is 2.08. The number of pyridine rings is 2. The second kappa shape index (κ2) is 4.67. The maximum atomic E-state index is 5.99. The van der Waals surface area contributed by atoms with E-state index in [2.05, 4.69) is 15.0 Å². The van der Waals surface area contributed by atoms with Crippen LogP contribution in [0.1, 0.15) is 0 Å². The number of nitrogen functional groups attached to an aromatic ring is 4. The fraction of sp³-hybridized carbons (Fsp3) is 0. The molecule has 3 heterocycles. The van der Waals surface area contributed by atoms with Gasteiger partial charge in [0.05, 0.1) is 17.6 Å². The Labute approximate surface area is 119 Å². The molecule has 8 heteroatoms. The molecular formula is C13H13N7O. The molecule has 3 aromatic rings. The molecular weight excluding hydrogens is 270 g/mol. The van der Waals surface area contributed by atoms with Gasteiger partial charge >= 0.3 is 0 Å². The van der Waals surface area contributed by atoms with Gasteiger partial charge < -0.3 is 27.4 Å². The van der Waals surface area contributed by atoms with Gasteiger partial charge in [-0.25, -0.2) is 15.0 Å². The van der Waals surface area contributed by atoms with Crippen molar-refractivity contribution in [3.8, 4) is 22.6 Å². The summed E-state index contributed by atoms with van der Waals surface area (Å²) in [5, 5.41) is 0. The van der Waals surface area contributed by atoms with Crippen LogP contribution in [0.25, 0.3) is 22.6 Å². The summed E-state index contributed by atoms with van der Waals surface area (Å²) in [5.41, 5.74) is 25.8. The maximum Gasteiger partial charge on any atom is 0.181 e. The van der Waals surface area contributed by atoms with E-state index in [0.29, 0.717) is 34.0 Å². The van der Waals surface area contributed by atoms with Crippen molar-refractivity contribution in [3.63, 3.8) is 0 Å². The molecule has 0 aliphatic rings. The van der Waals surface area contributed by atoms with Crippen LogP contribution in [0, 0.1) is 0 Å². The maximum absolute atomic E-state index is 5.99. The quantitative estimate of drug-likeness (QED) is 0.545. The monoisotopic (exact) mass is 283 g/mol. The van der Waals surface area contributed by atoms with E-state index in [-0.39, 0.29) is 11.6 Å². The summed E-state index contributed by atoms with van der Waals surface area (Å²) in [6.45, 7) is 0. The van der Waals surface area contributed by atoms with Crippen molar-refractivity contribution in [2.75, 3.05) is 22.9 Å². The first-order valence-electron chi connectivity index (χ1n) is 6.03. The van der Waals surface area contributed by atoms with Crippen molar-refractivity contribution in [1.82, 2.24) is 15.0 Å². The molecule has 0 aromatic carbocycles. The molecule has 0 spiro atoms. The Hall–Kier alpha value is -3.29. The van der Waals surface area contributed by atoms with Gasteiger partial charge in [0.15, 0.2) is 12.2 Å². The minimum atomic E-state index is 0.200. The summed E-state index contributed by atoms with van der Waals surface area (Å²) >= 11 is 0. The second-order valence-electron chi connectivity index (χ2n) is 4.38. The molecule has 0 aliphatic carbocycles. The van der Waals surface area contributed by atoms with Crippen molar-refractivity contribution >= 4 is 23.0 Å². The van der Waals surface area contributed by atoms with Gasteiger partial charge in [0.1, 0.15) is 17.3 Å². The molecule has 0 radical (unpaired) electrons. The third-order valence-electron chi connectivity index (χ3n) is 3.06. The summed E-state index contributed by atoms with van der Waals surface area (Å²) in [6, 6.07) is 3.39. The van der Waals surface area contributed by atoms with Crippen LogP contribution < -0.4 is 22.9 Å². The lowest BCUT2D eigenvalue weighted by Crippen LogP contribution is -2.04. The number of oxazole rings is 1. The first-order valence-corrected chi connectivity index (χ1v) is 6.03. The first-order chi connectivity index (χ1) is 10.1. The fourth-order valence-electron chi connectivity index (χ4n) is 1.99. The molecule has 106 valence electrons. The van der Waals surface area contributed by atoms with Gasteiger partial charge in [-0.2, -0.15) is 0 Å². The van der Waals surface area contributed by atoms with Gasteiger partial charge in [-0.1, -0.05) is 0 Å². The van der Waals surface area contributed by atoms with E-state index in [4.69, 9.17) is 27.4 Å². The zero-order valence-electron chi connectivity index (χ0n) is 10.9. The summed E-state index contributed by atoms with van der Waals surface area (Å²) in [4.78, 5) is 12.1. The van der Waals surface area contributed by atoms with Crippen molar-refractivity contribution in [3.05, 3.63) is 30.9 Å². The molecule has 8 nitrogen and oxygen atoms in total. The summed E-state index contributed by atoms with van der Waals surface area (Å²) < 4.78 is 5.29. The van der Waals surface area contributed by atoms with Crippen LogP contribution in [-0.4, -0.2) is 15.0 Å². The van der Waals surface area contributed by atoms with Crippen molar-refractivity contribution in [2.45, 2.75) is 0 Å². The van der Waals surface area contributed by atoms with Gasteiger partial charge in [-0.3, -0.25) is 0 Å². The highest BCUT2D eigenvalue weighted by atomic mass is 16.3. The molecule has 0 bridgehead atoms. The van der Waals surface area contributed by atoms with Crippen molar-refractivity contribution in [1.29, 1.82) is 0 Å². The highest BCUT2D eigenvalue weighted by Gasteiger charge is 2.17. The number of rotatable bonds is 2. The zero-order valence-corrected chi connectivity index (χ0v) is 10.9. The number of nitrogens with two attached hydrogens (primary N) is 4. The number of hydrogen-bond donors (Lipinski definition) is 4. The lowest BCUT2D eigenvalue weighted by molar-refractivity contribution is 0.570. The fourth-order valence-corrected chi connectivity index (χ4v) is 1.99. The van der Waals surface area contributed by atoms with E-state index in [1.807, 2.05) is 0 Å². The molecule has 3 rings (SSSR count). The number of hydrogen-bond acceptors (Lipinski definition) is 8. The molecule has 8 N–H and O–H groups in total. The predicted molar refractivity (Wildman–Crippen MR) is 80.6 cm³/mol. The third-order valence-corrected chi connectivity index (χ3v) is 3.06. The topological polar surface area (TPSA) is 156 Å². The highest BCUT2D eigenvalue weighted by Crippen LogP contribution is 2.37. The van der Waals surface area contributed by atoms with Gasteiger partial charge in [-0.15, -0.1) is 0 Å². The lowest BCUT2D eigenvalue weighted by Gasteiger charge is -2.12. The Bertz CT molecular complexity index is 799. The van der Waals surface area contributed by atoms with Gasteiger partial charge in [-0.05, 0) is 12.1 Å². The second-order valence-corrected chi connectivity index (χ2v) is 4.38. The first kappa shape index (κ1) is 12.7. The molecule has 21 heavy (non-hydrogen) atoms. The van der Waals surface area contributed by atoms with Crippen LogP contribution in [-0.2, 0) is 0 Å². The Balaban J connectivity index is 2.31. The van der Waals surface area contributed by atoms with Crippen molar-refractivity contribution < 1.29 is 4.42 Å². The van der Waals surface area contributed by atoms with Crippen LogP contribution in [0.15, 0.2) is 35.3 Å². The Morgan fingerprint density at radius 3 is 2.52 bits per heavy atom. The number of anilines is 4. The molecule has 0 unspecified atom stereocenters. The Kier molecular flexibility index (Phi) is 2.83. The highest BCUT2D eigenvalue weighted by molar-refractivity contribution is 5.91. The summed E-state index contributed by atoms with van der Waals surface area (Å²) in [5.74, 6) is 0.878. The largest absolute Gasteiger partial charge is 0.442 e. The van der Waals surface area contributed by atoms with E-state index in [1.165, 1.54) is 12.6 Å². The average Bonchev–Trinajstić information content (AvgIpc) is 2.98. The standard InChI is InChI=1S/C13H13N7O/c14-8-3-7(6-1-2-19-13(17)10(6)15)11(20-12(8)16)9-4-18-5-21-9/h1-5H,14-15H2,(H2,16,20)(H2,17,19). The molecule has 3 aromatic heterocycles. The normalized spacial score (nSPS) is 10.7. The van der Waals surface area contributed by atoms with Gasteiger partial charge in [0.2, 0.25) is 0 Å². The number of nitrogens with zero attached hydrogens (tertiary/aromatic N) is 3. The van der Waals surface area contributed by atoms with Crippen LogP contribution in [0.3, 0.4) is 0 Å². The van der Waals surface area contributed by atoms with Gasteiger partial charge in [0, 0.05) is 17.3 Å². The Morgan fingerprint density at radius 2 is 1.81 bits per heavy atom. The van der Waals surface area contributed by atoms with Gasteiger partial charge in [0.25, 0.3) is 0 Å². The van der Waals surface area contributed by atoms with E-state index in [0.717, 1.165) is 0 Å². The van der Waals surface area contributed by atoms with Crippen LogP contribution >= 0.6 is 0 Å². The lowest BCUT2D eigenvalue weighted by atomic mass is 10.0. The SMILES string of the molecule is Nc1cc(-c2ccnc(N)c2N)c(-c2cnco2)nc1N. The summed E-state index contributed by atoms with van der Waals surface area (Å²) in [6.07, 6.45) is 4.39. The summed E-state index contributed by atoms with van der Waals surface area (Å²) in [7, 11) is 0. The van der Waals surface area contributed by atoms with Crippen molar-refractivity contribution in [2.24, 2.45) is 0 Å². The molecule has 0 aliphatic heterocycles. The predicted octanol–water partition coefficient (Wildman–Crippen LogP) is 1.13. The zero-order chi connectivity index (χ0) is 15.0. The molecule has 0 amide bonds. The van der Waals surface area contributed by atoms with Crippen LogP contribution in [0.4, 0.5) is 23.0 Å². The van der Waals surface area contributed by atoms with E-state index >= 15 is 0 Å². The molecule has 0 fully saturated rings. The minimum absolute atomic E-state index is 0.200. The smallest absolute Gasteiger partial charge is 0.181 e. The molecule has 0 saturated carbocycles. The van der Waals surface area contributed by atoms with E-state index in [1.54, 1.807) is 18.3 Å². The van der Waals surface area contributed by atoms with E-state index < -0.39 is 0 Å². The molecule has 0 atom stereocenters. The van der Waals surface area contributed by atoms with Crippen LogP contribution in [0.2, 0.25) is 0 Å². The minimum Gasteiger partial charge on any atom is -0.442 e. The van der Waals surface area contributed by atoms with Crippen LogP contribution in [0.5, 0.6) is 0 Å². The number of aromatic nitrogens is 3.